The average molecular weight is 299 g/mol. The van der Waals surface area contributed by atoms with E-state index >= 15 is 0 Å². The van der Waals surface area contributed by atoms with Gasteiger partial charge in [0.15, 0.2) is 0 Å². The van der Waals surface area contributed by atoms with Crippen LogP contribution < -0.4 is 0 Å². The molecule has 8 unspecified atom stereocenters. The normalized spacial score (nSPS) is 65.0. The Hall–Kier alpha value is -0.370. The SMILES string of the molecule is CN1CC2(C)CCCC34C1C1CC5CC3C1(CCC24)CC5=O. The summed E-state index contributed by atoms with van der Waals surface area (Å²) in [5.41, 5.74) is 1.59. The van der Waals surface area contributed by atoms with Crippen molar-refractivity contribution in [2.24, 2.45) is 39.9 Å². The van der Waals surface area contributed by atoms with Crippen LogP contribution in [-0.4, -0.2) is 30.3 Å². The lowest BCUT2D eigenvalue weighted by molar-refractivity contribution is -0.183. The van der Waals surface area contributed by atoms with Gasteiger partial charge in [-0.25, -0.2) is 0 Å². The third-order valence-electron chi connectivity index (χ3n) is 9.86. The second-order valence-corrected chi connectivity index (χ2v) is 10.3. The van der Waals surface area contributed by atoms with E-state index in [0.717, 1.165) is 30.2 Å². The molecule has 0 N–H and O–H groups in total. The summed E-state index contributed by atoms with van der Waals surface area (Å²) in [6.07, 6.45) is 10.7. The molecule has 1 heterocycles. The van der Waals surface area contributed by atoms with Gasteiger partial charge in [-0.1, -0.05) is 13.3 Å². The van der Waals surface area contributed by atoms with Crippen molar-refractivity contribution in [2.45, 2.75) is 64.3 Å². The number of carbonyl (C=O) groups excluding carboxylic acids is 1. The Morgan fingerprint density at radius 1 is 1.14 bits per heavy atom. The van der Waals surface area contributed by atoms with Crippen LogP contribution in [-0.2, 0) is 4.79 Å². The Labute approximate surface area is 134 Å². The van der Waals surface area contributed by atoms with Gasteiger partial charge in [-0.15, -0.1) is 0 Å². The number of rotatable bonds is 0. The van der Waals surface area contributed by atoms with E-state index in [4.69, 9.17) is 0 Å². The minimum atomic E-state index is 0.434. The second-order valence-electron chi connectivity index (χ2n) is 10.3. The molecule has 7 fully saturated rings. The summed E-state index contributed by atoms with van der Waals surface area (Å²) in [6.45, 7) is 3.93. The van der Waals surface area contributed by atoms with Crippen LogP contribution in [0.3, 0.4) is 0 Å². The van der Waals surface area contributed by atoms with E-state index < -0.39 is 0 Å². The zero-order valence-corrected chi connectivity index (χ0v) is 14.1. The smallest absolute Gasteiger partial charge is 0.136 e. The molecule has 1 aliphatic heterocycles. The molecule has 2 spiro atoms. The maximum absolute atomic E-state index is 12.6. The number of Topliss-reactive ketones (excluding diaryl/α,β-unsaturated/α-hetero) is 1. The van der Waals surface area contributed by atoms with Crippen LogP contribution in [0, 0.1) is 39.9 Å². The van der Waals surface area contributed by atoms with Gasteiger partial charge in [-0.3, -0.25) is 4.79 Å². The molecule has 0 aromatic rings. The molecule has 120 valence electrons. The molecular formula is C20H29NO. The first-order valence-corrected chi connectivity index (χ1v) is 9.74. The van der Waals surface area contributed by atoms with Gasteiger partial charge in [-0.2, -0.15) is 0 Å². The quantitative estimate of drug-likeness (QED) is 0.682. The second kappa shape index (κ2) is 3.50. The molecule has 0 amide bonds. The van der Waals surface area contributed by atoms with Crippen molar-refractivity contribution < 1.29 is 4.79 Å². The number of likely N-dealkylation sites (tertiary alicyclic amines) is 1. The maximum atomic E-state index is 12.6. The lowest BCUT2D eigenvalue weighted by Crippen LogP contribution is -2.65. The Balaban J connectivity index is 1.61. The Bertz CT molecular complexity index is 586. The van der Waals surface area contributed by atoms with Crippen molar-refractivity contribution in [3.8, 4) is 0 Å². The van der Waals surface area contributed by atoms with Gasteiger partial charge in [-0.05, 0) is 79.6 Å². The predicted octanol–water partition coefficient (Wildman–Crippen LogP) is 3.50. The Morgan fingerprint density at radius 3 is 2.86 bits per heavy atom. The van der Waals surface area contributed by atoms with Gasteiger partial charge >= 0.3 is 0 Å². The number of ketones is 1. The molecule has 2 nitrogen and oxygen atoms in total. The summed E-state index contributed by atoms with van der Waals surface area (Å²) in [5, 5.41) is 0. The fourth-order valence-electron chi connectivity index (χ4n) is 9.80. The minimum Gasteiger partial charge on any atom is -0.302 e. The third kappa shape index (κ3) is 1.07. The van der Waals surface area contributed by atoms with Crippen molar-refractivity contribution in [1.82, 2.24) is 4.90 Å². The van der Waals surface area contributed by atoms with Crippen molar-refractivity contribution in [1.29, 1.82) is 0 Å². The van der Waals surface area contributed by atoms with Gasteiger partial charge in [0.25, 0.3) is 0 Å². The van der Waals surface area contributed by atoms with Crippen molar-refractivity contribution in [3.63, 3.8) is 0 Å². The lowest BCUT2D eigenvalue weighted by Gasteiger charge is -2.67. The zero-order chi connectivity index (χ0) is 14.9. The standard InChI is InChI=1S/C20H29NO/c1-18-5-3-6-20-15(18)4-7-19-10-14(22)12(9-16(19)20)8-13(19)17(20)21(2)11-18/h12-13,15-17H,3-11H2,1-2H3. The molecule has 6 bridgehead atoms. The molecule has 7 rings (SSSR count). The van der Waals surface area contributed by atoms with Crippen molar-refractivity contribution in [2.75, 3.05) is 13.6 Å². The summed E-state index contributed by atoms with van der Waals surface area (Å²) >= 11 is 0. The molecule has 0 aromatic heterocycles. The highest BCUT2D eigenvalue weighted by Crippen LogP contribution is 2.81. The first-order chi connectivity index (χ1) is 10.5. The number of hydrogen-bond donors (Lipinski definition) is 0. The van der Waals surface area contributed by atoms with Crippen molar-refractivity contribution in [3.05, 3.63) is 0 Å². The van der Waals surface area contributed by atoms with Crippen LogP contribution in [0.25, 0.3) is 0 Å². The monoisotopic (exact) mass is 299 g/mol. The number of hydrogen-bond acceptors (Lipinski definition) is 2. The molecule has 7 aliphatic rings. The van der Waals surface area contributed by atoms with Crippen LogP contribution in [0.5, 0.6) is 0 Å². The van der Waals surface area contributed by atoms with Gasteiger partial charge in [0.05, 0.1) is 0 Å². The van der Waals surface area contributed by atoms with E-state index in [-0.39, 0.29) is 0 Å². The highest BCUT2D eigenvalue weighted by Gasteiger charge is 2.79. The van der Waals surface area contributed by atoms with Gasteiger partial charge in [0.1, 0.15) is 5.78 Å². The number of nitrogens with zero attached hydrogens (tertiary/aromatic N) is 1. The third-order valence-corrected chi connectivity index (χ3v) is 9.86. The largest absolute Gasteiger partial charge is 0.302 e. The lowest BCUT2D eigenvalue weighted by atomic mass is 9.40. The number of fused-ring (bicyclic) bond motifs is 1. The molecule has 22 heavy (non-hydrogen) atoms. The molecule has 8 atom stereocenters. The van der Waals surface area contributed by atoms with Gasteiger partial charge in [0.2, 0.25) is 0 Å². The van der Waals surface area contributed by atoms with E-state index in [1.54, 1.807) is 0 Å². The molecule has 2 heteroatoms. The van der Waals surface area contributed by atoms with Gasteiger partial charge < -0.3 is 4.90 Å². The molecule has 0 radical (unpaired) electrons. The highest BCUT2D eigenvalue weighted by atomic mass is 16.1. The molecule has 6 aliphatic carbocycles. The molecular weight excluding hydrogens is 270 g/mol. The zero-order valence-electron chi connectivity index (χ0n) is 14.1. The van der Waals surface area contributed by atoms with Crippen LogP contribution in [0.2, 0.25) is 0 Å². The van der Waals surface area contributed by atoms with E-state index in [1.807, 2.05) is 0 Å². The summed E-state index contributed by atoms with van der Waals surface area (Å²) in [5.74, 6) is 3.80. The predicted molar refractivity (Wildman–Crippen MR) is 85.3 cm³/mol. The average Bonchev–Trinajstić information content (AvgIpc) is 2.58. The highest BCUT2D eigenvalue weighted by molar-refractivity contribution is 5.84. The minimum absolute atomic E-state index is 0.434. The Kier molecular flexibility index (Phi) is 2.07. The van der Waals surface area contributed by atoms with E-state index in [1.165, 1.54) is 51.5 Å². The van der Waals surface area contributed by atoms with E-state index in [0.29, 0.717) is 27.9 Å². The van der Waals surface area contributed by atoms with Crippen LogP contribution in [0.15, 0.2) is 0 Å². The van der Waals surface area contributed by atoms with Crippen LogP contribution in [0.1, 0.15) is 58.3 Å². The first kappa shape index (κ1) is 13.0. The van der Waals surface area contributed by atoms with Gasteiger partial charge in [0, 0.05) is 24.9 Å². The summed E-state index contributed by atoms with van der Waals surface area (Å²) < 4.78 is 0. The van der Waals surface area contributed by atoms with E-state index in [9.17, 15) is 4.79 Å². The maximum Gasteiger partial charge on any atom is 0.136 e. The summed E-state index contributed by atoms with van der Waals surface area (Å²) in [6, 6.07) is 0.816. The fraction of sp³-hybridized carbons (Fsp3) is 0.950. The molecule has 0 aromatic carbocycles. The van der Waals surface area contributed by atoms with Crippen molar-refractivity contribution >= 4 is 5.78 Å². The number of piperidine rings is 1. The number of carbonyl (C=O) groups is 1. The first-order valence-electron chi connectivity index (χ1n) is 9.74. The summed E-state index contributed by atoms with van der Waals surface area (Å²) in [7, 11) is 2.43. The van der Waals surface area contributed by atoms with Crippen LogP contribution in [0.4, 0.5) is 0 Å². The topological polar surface area (TPSA) is 20.3 Å². The molecule has 6 saturated carbocycles. The molecule has 1 saturated heterocycles. The fourth-order valence-corrected chi connectivity index (χ4v) is 9.80. The van der Waals surface area contributed by atoms with Crippen LogP contribution >= 0.6 is 0 Å². The van der Waals surface area contributed by atoms with E-state index in [2.05, 4.69) is 18.9 Å². The summed E-state index contributed by atoms with van der Waals surface area (Å²) in [4.78, 5) is 15.4. The Morgan fingerprint density at radius 2 is 2.00 bits per heavy atom.